The maximum absolute atomic E-state index is 11.6. The average Bonchev–Trinajstić information content (AvgIpc) is 2.61. The Kier molecular flexibility index (Phi) is 4.22. The van der Waals surface area contributed by atoms with Crippen LogP contribution >= 0.6 is 11.5 Å². The zero-order valence-electron chi connectivity index (χ0n) is 10.4. The van der Waals surface area contributed by atoms with E-state index in [1.807, 2.05) is 13.8 Å². The van der Waals surface area contributed by atoms with Crippen LogP contribution in [0.2, 0.25) is 0 Å². The van der Waals surface area contributed by atoms with Crippen molar-refractivity contribution in [2.24, 2.45) is 11.7 Å². The molecule has 1 rings (SSSR count). The first-order valence-electron chi connectivity index (χ1n) is 5.44. The highest BCUT2D eigenvalue weighted by Gasteiger charge is 2.22. The molecule has 1 heterocycles. The number of amides is 2. The Bertz CT molecular complexity index is 438. The van der Waals surface area contributed by atoms with Crippen LogP contribution in [0.15, 0.2) is 0 Å². The largest absolute Gasteiger partial charge is 0.365 e. The average molecular weight is 255 g/mol. The molecule has 1 aromatic heterocycles. The lowest BCUT2D eigenvalue weighted by atomic mass is 10.1. The molecule has 0 aliphatic rings. The lowest BCUT2D eigenvalue weighted by Gasteiger charge is -2.07. The monoisotopic (exact) mass is 255 g/mol. The van der Waals surface area contributed by atoms with Crippen molar-refractivity contribution in [1.29, 1.82) is 0 Å². The highest BCUT2D eigenvalue weighted by molar-refractivity contribution is 7.11. The first kappa shape index (κ1) is 13.6. The molecular weight excluding hydrogens is 238 g/mol. The van der Waals surface area contributed by atoms with Gasteiger partial charge >= 0.3 is 0 Å². The molecule has 0 radical (unpaired) electrons. The topological polar surface area (TPSA) is 85.1 Å². The van der Waals surface area contributed by atoms with Crippen LogP contribution in [-0.4, -0.2) is 16.2 Å². The molecule has 1 aromatic rings. The summed E-state index contributed by atoms with van der Waals surface area (Å²) in [4.78, 5) is 23.0. The number of hydrogen-bond acceptors (Lipinski definition) is 4. The molecular formula is C11H17N3O2S. The Balaban J connectivity index is 3.09. The van der Waals surface area contributed by atoms with Gasteiger partial charge in [0.05, 0.1) is 11.3 Å². The Morgan fingerprint density at radius 3 is 2.29 bits per heavy atom. The zero-order valence-corrected chi connectivity index (χ0v) is 11.2. The van der Waals surface area contributed by atoms with Gasteiger partial charge in [-0.2, -0.15) is 4.37 Å². The number of nitrogens with one attached hydrogen (secondary N) is 1. The summed E-state index contributed by atoms with van der Waals surface area (Å²) in [6.07, 6.45) is 0. The van der Waals surface area contributed by atoms with Crippen LogP contribution in [0.5, 0.6) is 0 Å². The van der Waals surface area contributed by atoms with Crippen molar-refractivity contribution in [2.75, 3.05) is 5.32 Å². The predicted molar refractivity (Wildman–Crippen MR) is 68.2 cm³/mol. The second-order valence-corrected chi connectivity index (χ2v) is 5.21. The van der Waals surface area contributed by atoms with E-state index in [0.29, 0.717) is 16.3 Å². The molecule has 0 bridgehead atoms. The maximum atomic E-state index is 11.6. The molecule has 0 aliphatic carbocycles. The molecule has 0 unspecified atom stereocenters. The molecule has 0 fully saturated rings. The molecule has 5 nitrogen and oxygen atoms in total. The Labute approximate surface area is 105 Å². The van der Waals surface area contributed by atoms with Crippen molar-refractivity contribution in [3.63, 3.8) is 0 Å². The van der Waals surface area contributed by atoms with Crippen molar-refractivity contribution in [3.8, 4) is 0 Å². The predicted octanol–water partition coefficient (Wildman–Crippen LogP) is 1.96. The Hall–Kier alpha value is -1.43. The van der Waals surface area contributed by atoms with Crippen LogP contribution < -0.4 is 11.1 Å². The first-order valence-corrected chi connectivity index (χ1v) is 6.22. The molecule has 0 aliphatic heterocycles. The summed E-state index contributed by atoms with van der Waals surface area (Å²) >= 11 is 1.10. The van der Waals surface area contributed by atoms with Crippen molar-refractivity contribution >= 4 is 28.3 Å². The van der Waals surface area contributed by atoms with Crippen LogP contribution in [0.1, 0.15) is 49.7 Å². The molecule has 2 amide bonds. The zero-order chi connectivity index (χ0) is 13.2. The number of carbonyl (C=O) groups is 2. The Morgan fingerprint density at radius 1 is 1.29 bits per heavy atom. The minimum atomic E-state index is -0.554. The summed E-state index contributed by atoms with van der Waals surface area (Å²) in [5, 5.41) is 3.13. The molecule has 0 atom stereocenters. The van der Waals surface area contributed by atoms with Gasteiger partial charge in [0.25, 0.3) is 5.91 Å². The fourth-order valence-electron chi connectivity index (χ4n) is 1.28. The van der Waals surface area contributed by atoms with Gasteiger partial charge in [0.2, 0.25) is 5.91 Å². The van der Waals surface area contributed by atoms with Crippen molar-refractivity contribution in [1.82, 2.24) is 4.37 Å². The number of rotatable bonds is 4. The summed E-state index contributed by atoms with van der Waals surface area (Å²) in [6, 6.07) is 0. The van der Waals surface area contributed by atoms with Crippen molar-refractivity contribution < 1.29 is 9.59 Å². The smallest absolute Gasteiger partial charge is 0.253 e. The highest BCUT2D eigenvalue weighted by atomic mass is 32.1. The third kappa shape index (κ3) is 3.03. The molecule has 3 N–H and O–H groups in total. The van der Waals surface area contributed by atoms with E-state index in [1.54, 1.807) is 13.8 Å². The SMILES string of the molecule is CC(C)C(=O)Nc1snc(C(C)C)c1C(N)=O. The van der Waals surface area contributed by atoms with Crippen LogP contribution in [-0.2, 0) is 4.79 Å². The lowest BCUT2D eigenvalue weighted by molar-refractivity contribution is -0.118. The van der Waals surface area contributed by atoms with Gasteiger partial charge in [-0.3, -0.25) is 9.59 Å². The van der Waals surface area contributed by atoms with E-state index in [2.05, 4.69) is 9.69 Å². The lowest BCUT2D eigenvalue weighted by Crippen LogP contribution is -2.21. The van der Waals surface area contributed by atoms with Crippen molar-refractivity contribution in [2.45, 2.75) is 33.6 Å². The first-order chi connectivity index (χ1) is 7.84. The van der Waals surface area contributed by atoms with E-state index in [9.17, 15) is 9.59 Å². The van der Waals surface area contributed by atoms with Gasteiger partial charge in [-0.25, -0.2) is 0 Å². The second kappa shape index (κ2) is 5.27. The summed E-state index contributed by atoms with van der Waals surface area (Å²) in [6.45, 7) is 7.42. The minimum absolute atomic E-state index is 0.0958. The van der Waals surface area contributed by atoms with Crippen molar-refractivity contribution in [3.05, 3.63) is 11.3 Å². The number of primary amides is 1. The van der Waals surface area contributed by atoms with Crippen LogP contribution in [0.25, 0.3) is 0 Å². The van der Waals surface area contributed by atoms with Gasteiger partial charge in [0, 0.05) is 5.92 Å². The van der Waals surface area contributed by atoms with E-state index >= 15 is 0 Å². The number of anilines is 1. The fourth-order valence-corrected chi connectivity index (χ4v) is 2.21. The van der Waals surface area contributed by atoms with Gasteiger partial charge < -0.3 is 11.1 Å². The second-order valence-electron chi connectivity index (χ2n) is 4.43. The van der Waals surface area contributed by atoms with Gasteiger partial charge in [-0.1, -0.05) is 27.7 Å². The third-order valence-electron chi connectivity index (χ3n) is 2.27. The summed E-state index contributed by atoms with van der Waals surface area (Å²) in [7, 11) is 0. The van der Waals surface area contributed by atoms with E-state index in [1.165, 1.54) is 0 Å². The summed E-state index contributed by atoms with van der Waals surface area (Å²) < 4.78 is 4.18. The van der Waals surface area contributed by atoms with Crippen LogP contribution in [0.3, 0.4) is 0 Å². The van der Waals surface area contributed by atoms with Gasteiger partial charge in [0.1, 0.15) is 5.00 Å². The highest BCUT2D eigenvalue weighted by Crippen LogP contribution is 2.29. The maximum Gasteiger partial charge on any atom is 0.253 e. The van der Waals surface area contributed by atoms with Gasteiger partial charge in [-0.05, 0) is 17.5 Å². The summed E-state index contributed by atoms with van der Waals surface area (Å²) in [5.74, 6) is -0.758. The fraction of sp³-hybridized carbons (Fsp3) is 0.545. The molecule has 94 valence electrons. The molecule has 0 aromatic carbocycles. The molecule has 6 heteroatoms. The molecule has 0 spiro atoms. The third-order valence-corrected chi connectivity index (χ3v) is 3.05. The quantitative estimate of drug-likeness (QED) is 0.862. The number of aromatic nitrogens is 1. The van der Waals surface area contributed by atoms with Gasteiger partial charge in [-0.15, -0.1) is 0 Å². The van der Waals surface area contributed by atoms with E-state index in [4.69, 9.17) is 5.73 Å². The number of hydrogen-bond donors (Lipinski definition) is 2. The normalized spacial score (nSPS) is 10.9. The van der Waals surface area contributed by atoms with E-state index < -0.39 is 5.91 Å². The van der Waals surface area contributed by atoms with E-state index in [0.717, 1.165) is 11.5 Å². The number of nitrogens with zero attached hydrogens (tertiary/aromatic N) is 1. The Morgan fingerprint density at radius 2 is 1.88 bits per heavy atom. The summed E-state index contributed by atoms with van der Waals surface area (Å²) in [5.41, 5.74) is 6.30. The molecule has 0 saturated heterocycles. The van der Waals surface area contributed by atoms with Gasteiger partial charge in [0.15, 0.2) is 0 Å². The molecule has 17 heavy (non-hydrogen) atoms. The standard InChI is InChI=1S/C11H17N3O2S/c1-5(2)8-7(9(12)15)11(17-14-8)13-10(16)6(3)4/h5-6H,1-4H3,(H2,12,15)(H,13,16). The van der Waals surface area contributed by atoms with Crippen LogP contribution in [0, 0.1) is 5.92 Å². The number of carbonyl (C=O) groups excluding carboxylic acids is 2. The number of nitrogens with two attached hydrogens (primary N) is 1. The van der Waals surface area contributed by atoms with E-state index in [-0.39, 0.29) is 17.7 Å². The van der Waals surface area contributed by atoms with Crippen LogP contribution in [0.4, 0.5) is 5.00 Å². The minimum Gasteiger partial charge on any atom is -0.365 e. The molecule has 0 saturated carbocycles.